The Hall–Kier alpha value is -2.22. The van der Waals surface area contributed by atoms with Crippen LogP contribution in [0, 0.1) is 22.7 Å². The predicted octanol–water partition coefficient (Wildman–Crippen LogP) is 2.95. The fourth-order valence-corrected chi connectivity index (χ4v) is 16.1. The predicted molar refractivity (Wildman–Crippen MR) is 301 cm³/mol. The molecule has 86 heavy (non-hydrogen) atoms. The number of esters is 1. The lowest BCUT2D eigenvalue weighted by Crippen LogP contribution is -2.78. The van der Waals surface area contributed by atoms with Gasteiger partial charge in [-0.2, -0.15) is 0 Å². The molecule has 0 spiro atoms. The summed E-state index contributed by atoms with van der Waals surface area (Å²) < 4.78 is 94.3. The number of fused-ring (bicyclic) bond motifs is 5. The molecule has 5 saturated heterocycles. The molecule has 7 N–H and O–H groups in total. The lowest BCUT2D eigenvalue weighted by Gasteiger charge is -2.67. The van der Waals surface area contributed by atoms with Gasteiger partial charge in [0.1, 0.15) is 71.7 Å². The van der Waals surface area contributed by atoms with Gasteiger partial charge in [0.2, 0.25) is 0 Å². The third kappa shape index (κ3) is 12.4. The number of methoxy groups -OCH3 is 4. The van der Waals surface area contributed by atoms with E-state index in [1.54, 1.807) is 35.2 Å². The second-order valence-electron chi connectivity index (χ2n) is 26.7. The van der Waals surface area contributed by atoms with Crippen molar-refractivity contribution in [2.24, 2.45) is 22.7 Å². The maximum Gasteiger partial charge on any atom is 0.330 e. The van der Waals surface area contributed by atoms with E-state index in [0.29, 0.717) is 38.5 Å². The number of aliphatic hydroxyl groups excluding tert-OH is 4. The van der Waals surface area contributed by atoms with E-state index in [0.717, 1.165) is 11.1 Å². The first-order valence-electron chi connectivity index (χ1n) is 31.1. The highest BCUT2D eigenvalue weighted by Crippen LogP contribution is 2.71. The number of allylic oxidation sites excluding steroid dienone is 1. The minimum absolute atomic E-state index is 0.0490. The highest BCUT2D eigenvalue weighted by atomic mass is 16.8. The molecule has 9 rings (SSSR count). The Morgan fingerprint density at radius 3 is 1.55 bits per heavy atom. The Labute approximate surface area is 505 Å². The normalized spacial score (nSPS) is 50.0. The second-order valence-corrected chi connectivity index (χ2v) is 26.7. The summed E-state index contributed by atoms with van der Waals surface area (Å²) in [6.07, 6.45) is -11.6. The molecule has 0 aromatic carbocycles. The molecular weight excluding hydrogens is 1130 g/mol. The average Bonchev–Trinajstić information content (AvgIpc) is 1.34. The summed E-state index contributed by atoms with van der Waals surface area (Å²) in [5.41, 5.74) is -6.22. The second kappa shape index (κ2) is 26.8. The van der Waals surface area contributed by atoms with Gasteiger partial charge in [-0.3, -0.25) is 4.79 Å². The van der Waals surface area contributed by atoms with Crippen LogP contribution in [0.25, 0.3) is 0 Å². The fourth-order valence-electron chi connectivity index (χ4n) is 16.1. The van der Waals surface area contributed by atoms with E-state index >= 15 is 0 Å². The number of hydrogen-bond acceptors (Lipinski definition) is 24. The van der Waals surface area contributed by atoms with Crippen molar-refractivity contribution in [3.05, 3.63) is 23.3 Å². The average molecular weight is 1230 g/mol. The number of Topliss-reactive ketones (excluding diaryl/α,β-unsaturated/α-hetero) is 1. The van der Waals surface area contributed by atoms with E-state index in [9.17, 15) is 45.3 Å². The number of carbonyl (C=O) groups is 2. The maximum absolute atomic E-state index is 13.6. The molecule has 0 amide bonds. The van der Waals surface area contributed by atoms with Gasteiger partial charge in [-0.15, -0.1) is 0 Å². The molecule has 9 aliphatic rings. The van der Waals surface area contributed by atoms with E-state index in [2.05, 4.69) is 6.92 Å². The molecule has 24 nitrogen and oxygen atoms in total. The number of rotatable bonds is 19. The number of ether oxygens (including phenoxy) is 15. The molecule has 0 bridgehead atoms. The van der Waals surface area contributed by atoms with Crippen molar-refractivity contribution < 1.29 is 116 Å². The monoisotopic (exact) mass is 1230 g/mol. The molecule has 5 aliphatic heterocycles. The zero-order valence-electron chi connectivity index (χ0n) is 52.6. The number of hydrogen-bond donors (Lipinski definition) is 7. The summed E-state index contributed by atoms with van der Waals surface area (Å²) in [6, 6.07) is 0. The summed E-state index contributed by atoms with van der Waals surface area (Å²) in [5, 5.41) is 79.0. The minimum Gasteiger partial charge on any atom is -0.458 e. The Kier molecular flexibility index (Phi) is 21.2. The van der Waals surface area contributed by atoms with E-state index in [-0.39, 0.29) is 44.1 Å². The Morgan fingerprint density at radius 1 is 0.640 bits per heavy atom. The van der Waals surface area contributed by atoms with Crippen LogP contribution in [-0.2, 0) is 80.6 Å². The third-order valence-electron chi connectivity index (χ3n) is 21.7. The summed E-state index contributed by atoms with van der Waals surface area (Å²) in [4.78, 5) is 27.0. The van der Waals surface area contributed by atoms with E-state index in [4.69, 9.17) is 71.1 Å². The van der Waals surface area contributed by atoms with Crippen LogP contribution < -0.4 is 0 Å². The van der Waals surface area contributed by atoms with Gasteiger partial charge in [-0.05, 0) is 105 Å². The standard InChI is InChI=1S/C62H100O24/c1-29(2)30(3)21-45(65)82-44-27-43-58(9)17-16-37(22-36(58)15-18-61(43,70)62(71)20-19-60(69,35(8)64)59(44,62)10)80-46-23-38(72-11)53(31(4)76-46)83-47-24-39(73-12)54(32(5)77-47)84-48-25-40(74-13)55(33(6)78-48)85-49-26-41(75-14)56(34(7)79-49)86-57-52(68)51(67)50(66)42(28-63)81-57/h15,21,29,31-34,37-44,46-57,63,66-71H,16-20,22-28H2,1-14H3/b30-21+/t31-,32-,33-,34-,37+,38+,39+,40-,41-,42-,43-,44-,46+,47+,48+,49+,50-,51+,52-,53-,54-,55-,56-,57+,58+,59-,60-,61+,62-/m1/s1. The first-order valence-corrected chi connectivity index (χ1v) is 31.1. The van der Waals surface area contributed by atoms with Crippen molar-refractivity contribution in [3.8, 4) is 0 Å². The molecule has 0 unspecified atom stereocenters. The molecule has 24 heteroatoms. The van der Waals surface area contributed by atoms with Gasteiger partial charge >= 0.3 is 5.97 Å². The van der Waals surface area contributed by atoms with Gasteiger partial charge in [0.15, 0.2) is 37.2 Å². The van der Waals surface area contributed by atoms with Crippen LogP contribution in [0.3, 0.4) is 0 Å². The summed E-state index contributed by atoms with van der Waals surface area (Å²) in [5.74, 6) is -1.67. The van der Waals surface area contributed by atoms with E-state index in [1.807, 2.05) is 47.6 Å². The van der Waals surface area contributed by atoms with Crippen LogP contribution in [-0.4, -0.2) is 241 Å². The molecule has 29 atom stereocenters. The number of carbonyl (C=O) groups excluding carboxylic acids is 2. The Morgan fingerprint density at radius 2 is 1.10 bits per heavy atom. The minimum atomic E-state index is -2.04. The van der Waals surface area contributed by atoms with Crippen LogP contribution in [0.4, 0.5) is 0 Å². The van der Waals surface area contributed by atoms with Crippen molar-refractivity contribution in [1.82, 2.24) is 0 Å². The largest absolute Gasteiger partial charge is 0.458 e. The van der Waals surface area contributed by atoms with Gasteiger partial charge in [0, 0.05) is 66.1 Å². The quantitative estimate of drug-likeness (QED) is 0.0555. The molecule has 8 fully saturated rings. The van der Waals surface area contributed by atoms with Crippen molar-refractivity contribution >= 4 is 11.8 Å². The highest BCUT2D eigenvalue weighted by Gasteiger charge is 2.81. The number of ketones is 1. The van der Waals surface area contributed by atoms with Crippen molar-refractivity contribution in [2.45, 2.75) is 298 Å². The zero-order valence-corrected chi connectivity index (χ0v) is 52.6. The third-order valence-corrected chi connectivity index (χ3v) is 21.7. The van der Waals surface area contributed by atoms with Crippen LogP contribution in [0.5, 0.6) is 0 Å². The van der Waals surface area contributed by atoms with Gasteiger partial charge < -0.3 is 107 Å². The summed E-state index contributed by atoms with van der Waals surface area (Å²) >= 11 is 0. The van der Waals surface area contributed by atoms with Gasteiger partial charge in [-0.1, -0.05) is 38.0 Å². The van der Waals surface area contributed by atoms with Crippen molar-refractivity contribution in [3.63, 3.8) is 0 Å². The molecule has 0 radical (unpaired) electrons. The summed E-state index contributed by atoms with van der Waals surface area (Å²) in [6.45, 7) is 17.6. The van der Waals surface area contributed by atoms with Crippen molar-refractivity contribution in [2.75, 3.05) is 35.0 Å². The topological polar surface area (TPSA) is 314 Å². The molecule has 492 valence electrons. The Balaban J connectivity index is 0.779. The fraction of sp³-hybridized carbons (Fsp3) is 0.903. The maximum atomic E-state index is 13.6. The summed E-state index contributed by atoms with van der Waals surface area (Å²) in [7, 11) is 6.35. The smallest absolute Gasteiger partial charge is 0.330 e. The number of aliphatic hydroxyl groups is 7. The molecular formula is C62H100O24. The van der Waals surface area contributed by atoms with E-state index < -0.39 is 187 Å². The van der Waals surface area contributed by atoms with Crippen molar-refractivity contribution in [1.29, 1.82) is 0 Å². The van der Waals surface area contributed by atoms with Crippen LogP contribution in [0.15, 0.2) is 23.3 Å². The van der Waals surface area contributed by atoms with Gasteiger partial charge in [0.05, 0.1) is 67.0 Å². The van der Waals surface area contributed by atoms with Crippen LogP contribution in [0.1, 0.15) is 140 Å². The first-order chi connectivity index (χ1) is 40.5. The highest BCUT2D eigenvalue weighted by molar-refractivity contribution is 5.87. The molecule has 3 saturated carbocycles. The van der Waals surface area contributed by atoms with E-state index in [1.165, 1.54) is 20.1 Å². The molecule has 5 heterocycles. The first kappa shape index (κ1) is 68.2. The lowest BCUT2D eigenvalue weighted by molar-refractivity contribution is -0.358. The molecule has 4 aliphatic carbocycles. The van der Waals surface area contributed by atoms with Gasteiger partial charge in [0.25, 0.3) is 0 Å². The zero-order chi connectivity index (χ0) is 62.7. The molecule has 0 aromatic rings. The SMILES string of the molecule is CO[C@H]1C[C@H](O[C@H]2CC[C@@]3(C)C(=CC[C@]4(O)[C@@H]3C[C@@H](OC(=O)/C=C(\C)C(C)C)[C@@]3(C)[C@]4(O)CC[C@@]3(O)C(C)=O)C2)O[C@H](C)[C@H]1O[C@H]1C[C@H](OC)[C@H](O[C@H]2C[C@@H](OC)[C@H](O[C@H]3C[C@@H](OC)[C@H](O[C@@H]4O[C@H](CO)[C@@H](O)[C@H](O)[C@H]4O)[C@@H](C)O3)[C@@H](C)O2)[C@@H](C)O1. The van der Waals surface area contributed by atoms with Crippen LogP contribution in [0.2, 0.25) is 0 Å². The van der Waals surface area contributed by atoms with Gasteiger partial charge in [-0.25, -0.2) is 4.79 Å². The lowest BCUT2D eigenvalue weighted by atomic mass is 9.42. The molecule has 0 aromatic heterocycles. The van der Waals surface area contributed by atoms with Crippen LogP contribution >= 0.6 is 0 Å². The Bertz CT molecular complexity index is 2390.